The maximum Gasteiger partial charge on any atom is 0.296 e. The molecule has 4 rings (SSSR count). The van der Waals surface area contributed by atoms with Crippen LogP contribution in [0.3, 0.4) is 0 Å². The van der Waals surface area contributed by atoms with Crippen LogP contribution < -0.4 is 0 Å². The molecule has 3 aromatic rings. The van der Waals surface area contributed by atoms with Crippen LogP contribution in [0.4, 0.5) is 4.39 Å². The van der Waals surface area contributed by atoms with Crippen molar-refractivity contribution in [2.75, 3.05) is 19.9 Å². The van der Waals surface area contributed by atoms with E-state index >= 15 is 0 Å². The first-order chi connectivity index (χ1) is 15.2. The first kappa shape index (κ1) is 23.3. The molecule has 0 atom stereocenters. The minimum Gasteiger partial charge on any atom is -0.353 e. The average molecular weight is 567 g/mol. The van der Waals surface area contributed by atoms with E-state index < -0.39 is 8.07 Å². The summed E-state index contributed by atoms with van der Waals surface area (Å²) in [6.45, 7) is 8.67. The van der Waals surface area contributed by atoms with E-state index in [0.29, 0.717) is 31.8 Å². The van der Waals surface area contributed by atoms with Gasteiger partial charge in [-0.25, -0.2) is 19.3 Å². The largest absolute Gasteiger partial charge is 0.353 e. The van der Waals surface area contributed by atoms with Crippen LogP contribution in [0, 0.1) is 9.39 Å². The average Bonchev–Trinajstić information content (AvgIpc) is 3.06. The second-order valence-electron chi connectivity index (χ2n) is 9.20. The van der Waals surface area contributed by atoms with Crippen LogP contribution in [0.5, 0.6) is 0 Å². The summed E-state index contributed by atoms with van der Waals surface area (Å²) >= 11 is 2.30. The molecule has 6 nitrogen and oxygen atoms in total. The molecule has 1 aliphatic heterocycles. The van der Waals surface area contributed by atoms with Gasteiger partial charge in [0, 0.05) is 36.4 Å². The molecule has 1 amide bonds. The molecule has 0 unspecified atom stereocenters. The molecular weight excluding hydrogens is 540 g/mol. The van der Waals surface area contributed by atoms with Crippen LogP contribution in [0.25, 0.3) is 10.9 Å². The van der Waals surface area contributed by atoms with E-state index in [1.165, 1.54) is 17.2 Å². The Hall–Kier alpha value is -1.82. The Morgan fingerprint density at radius 1 is 1.22 bits per heavy atom. The summed E-state index contributed by atoms with van der Waals surface area (Å²) < 4.78 is 22.0. The summed E-state index contributed by atoms with van der Waals surface area (Å²) in [5, 5.41) is 2.41. The van der Waals surface area contributed by atoms with Gasteiger partial charge in [0.15, 0.2) is 6.79 Å². The summed E-state index contributed by atoms with van der Waals surface area (Å²) in [5.41, 5.74) is 3.36. The number of halogens is 2. The highest BCUT2D eigenvalue weighted by atomic mass is 127. The number of nitrogens with zero attached hydrogens (tertiary/aromatic N) is 3. The van der Waals surface area contributed by atoms with E-state index in [2.05, 4.69) is 58.0 Å². The van der Waals surface area contributed by atoms with Gasteiger partial charge in [0.05, 0.1) is 18.3 Å². The van der Waals surface area contributed by atoms with Crippen LogP contribution >= 0.6 is 22.6 Å². The van der Waals surface area contributed by atoms with Crippen molar-refractivity contribution in [1.29, 1.82) is 0 Å². The Labute approximate surface area is 201 Å². The Bertz CT molecular complexity index is 1130. The second-order valence-corrected chi connectivity index (χ2v) is 16.0. The molecule has 0 aliphatic carbocycles. The van der Waals surface area contributed by atoms with E-state index in [4.69, 9.17) is 9.57 Å². The van der Waals surface area contributed by atoms with Crippen molar-refractivity contribution < 1.29 is 18.8 Å². The topological polar surface area (TPSA) is 56.6 Å². The van der Waals surface area contributed by atoms with Gasteiger partial charge >= 0.3 is 0 Å². The number of carbonyl (C=O) groups excluding carboxylic acids is 1. The van der Waals surface area contributed by atoms with E-state index in [0.717, 1.165) is 31.6 Å². The molecule has 170 valence electrons. The number of benzene rings is 1. The molecule has 0 spiro atoms. The molecule has 0 saturated heterocycles. The lowest BCUT2D eigenvalue weighted by Gasteiger charge is -2.27. The van der Waals surface area contributed by atoms with Crippen LogP contribution in [-0.4, -0.2) is 48.5 Å². The molecule has 2 aromatic heterocycles. The van der Waals surface area contributed by atoms with Crippen LogP contribution in [-0.2, 0) is 22.5 Å². The van der Waals surface area contributed by atoms with E-state index in [1.54, 1.807) is 18.3 Å². The van der Waals surface area contributed by atoms with Crippen molar-refractivity contribution in [3.05, 3.63) is 62.9 Å². The van der Waals surface area contributed by atoms with Gasteiger partial charge in [0.1, 0.15) is 11.5 Å². The first-order valence-electron chi connectivity index (χ1n) is 10.7. The minimum atomic E-state index is -1.16. The predicted octanol–water partition coefficient (Wildman–Crippen LogP) is 5.07. The SMILES string of the molecule is C[Si](C)(C)CCOCON1CCc2c(ncc3c2c(I)cn3Cc2ccc(F)cc2)C1=O. The molecule has 0 radical (unpaired) electrons. The number of ether oxygens (including phenoxy) is 1. The van der Waals surface area contributed by atoms with E-state index in [1.807, 2.05) is 0 Å². The number of amides is 1. The fourth-order valence-electron chi connectivity index (χ4n) is 3.74. The summed E-state index contributed by atoms with van der Waals surface area (Å²) in [6.07, 6.45) is 4.46. The first-order valence-corrected chi connectivity index (χ1v) is 15.4. The fourth-order valence-corrected chi connectivity index (χ4v) is 5.43. The van der Waals surface area contributed by atoms with Crippen molar-refractivity contribution in [2.24, 2.45) is 0 Å². The quantitative estimate of drug-likeness (QED) is 0.165. The van der Waals surface area contributed by atoms with Crippen LogP contribution in [0.1, 0.15) is 21.6 Å². The number of hydrogen-bond donors (Lipinski definition) is 0. The van der Waals surface area contributed by atoms with Crippen LogP contribution in [0.2, 0.25) is 25.7 Å². The van der Waals surface area contributed by atoms with Gasteiger partial charge < -0.3 is 9.30 Å². The number of fused-ring (bicyclic) bond motifs is 3. The normalized spacial score (nSPS) is 14.3. The molecule has 0 fully saturated rings. The molecule has 1 aromatic carbocycles. The number of aromatic nitrogens is 2. The fraction of sp³-hybridized carbons (Fsp3) is 0.391. The number of rotatable bonds is 8. The lowest BCUT2D eigenvalue weighted by Crippen LogP contribution is -2.39. The second kappa shape index (κ2) is 9.58. The molecular formula is C23H27FIN3O3Si. The van der Waals surface area contributed by atoms with Gasteiger partial charge in [-0.1, -0.05) is 31.8 Å². The molecule has 0 saturated carbocycles. The monoisotopic (exact) mass is 567 g/mol. The molecule has 0 N–H and O–H groups in total. The lowest BCUT2D eigenvalue weighted by molar-refractivity contribution is -0.195. The van der Waals surface area contributed by atoms with Gasteiger partial charge in [-0.2, -0.15) is 0 Å². The third kappa shape index (κ3) is 5.21. The van der Waals surface area contributed by atoms with Crippen molar-refractivity contribution in [2.45, 2.75) is 38.7 Å². The number of hydrogen-bond acceptors (Lipinski definition) is 4. The third-order valence-electron chi connectivity index (χ3n) is 5.53. The Balaban J connectivity index is 1.49. The summed E-state index contributed by atoms with van der Waals surface area (Å²) in [6, 6.07) is 7.55. The maximum atomic E-state index is 13.2. The number of hydroxylamine groups is 2. The van der Waals surface area contributed by atoms with Gasteiger partial charge in [-0.05, 0) is 58.3 Å². The zero-order valence-electron chi connectivity index (χ0n) is 18.5. The molecule has 3 heterocycles. The van der Waals surface area contributed by atoms with Gasteiger partial charge in [-0.3, -0.25) is 4.79 Å². The lowest BCUT2D eigenvalue weighted by atomic mass is 10.0. The highest BCUT2D eigenvalue weighted by Crippen LogP contribution is 2.31. The zero-order valence-corrected chi connectivity index (χ0v) is 21.7. The van der Waals surface area contributed by atoms with Crippen molar-refractivity contribution in [1.82, 2.24) is 14.6 Å². The third-order valence-corrected chi connectivity index (χ3v) is 8.05. The maximum absolute atomic E-state index is 13.2. The summed E-state index contributed by atoms with van der Waals surface area (Å²) in [7, 11) is -1.16. The molecule has 9 heteroatoms. The zero-order chi connectivity index (χ0) is 22.9. The standard InChI is InChI=1S/C23H27FIN3O3Si/c1-32(2,3)11-10-30-15-31-28-9-8-18-21-19(25)14-27(13-16-4-6-17(24)7-5-16)20(21)12-26-22(18)23(28)29/h4-7,12,14H,8-11,13,15H2,1-3H3. The van der Waals surface area contributed by atoms with E-state index in [9.17, 15) is 9.18 Å². The van der Waals surface area contributed by atoms with Gasteiger partial charge in [-0.15, -0.1) is 0 Å². The predicted molar refractivity (Wildman–Crippen MR) is 133 cm³/mol. The van der Waals surface area contributed by atoms with Gasteiger partial charge in [0.25, 0.3) is 5.91 Å². The molecule has 0 bridgehead atoms. The number of carbonyl (C=O) groups is 1. The van der Waals surface area contributed by atoms with Crippen molar-refractivity contribution in [3.63, 3.8) is 0 Å². The Morgan fingerprint density at radius 2 is 1.97 bits per heavy atom. The van der Waals surface area contributed by atoms with Gasteiger partial charge in [0.2, 0.25) is 0 Å². The Morgan fingerprint density at radius 3 is 2.69 bits per heavy atom. The smallest absolute Gasteiger partial charge is 0.296 e. The summed E-state index contributed by atoms with van der Waals surface area (Å²) in [4.78, 5) is 23.1. The summed E-state index contributed by atoms with van der Waals surface area (Å²) in [5.74, 6) is -0.479. The molecule has 32 heavy (non-hydrogen) atoms. The molecule has 1 aliphatic rings. The Kier molecular flexibility index (Phi) is 6.99. The van der Waals surface area contributed by atoms with E-state index in [-0.39, 0.29) is 18.5 Å². The highest BCUT2D eigenvalue weighted by molar-refractivity contribution is 14.1. The van der Waals surface area contributed by atoms with Crippen molar-refractivity contribution in [3.8, 4) is 0 Å². The minimum absolute atomic E-state index is 0.0688. The van der Waals surface area contributed by atoms with Crippen LogP contribution in [0.15, 0.2) is 36.7 Å². The highest BCUT2D eigenvalue weighted by Gasteiger charge is 2.30. The number of pyridine rings is 1. The van der Waals surface area contributed by atoms with Crippen molar-refractivity contribution >= 4 is 47.5 Å².